The van der Waals surface area contributed by atoms with Crippen molar-refractivity contribution in [1.29, 1.82) is 0 Å². The molecule has 0 aliphatic carbocycles. The molecule has 0 aromatic carbocycles. The van der Waals surface area contributed by atoms with Crippen LogP contribution in [0.1, 0.15) is 0 Å². The van der Waals surface area contributed by atoms with Crippen LogP contribution in [0.4, 0.5) is 0 Å². The molecule has 58 valence electrons. The van der Waals surface area contributed by atoms with E-state index < -0.39 is 0 Å². The van der Waals surface area contributed by atoms with E-state index in [9.17, 15) is 0 Å². The van der Waals surface area contributed by atoms with Crippen molar-refractivity contribution in [1.82, 2.24) is 0 Å². The van der Waals surface area contributed by atoms with Gasteiger partial charge < -0.3 is 14.6 Å². The molecule has 1 N–H and O–H groups in total. The summed E-state index contributed by atoms with van der Waals surface area (Å²) in [5.74, 6) is 0. The number of rotatable bonds is 6. The Labute approximate surface area is 62.7 Å². The molecule has 0 saturated heterocycles. The molecule has 0 aromatic rings. The molecule has 0 unspecified atom stereocenters. The molecule has 10 heavy (non-hydrogen) atoms. The standard InChI is InChI=1S/C6H13BO3/c1-9-5-6(4-8)10-3-2-7/h6,8H,2-5H2,1H3/t6-/m0/s1. The Kier molecular flexibility index (Phi) is 7.02. The summed E-state index contributed by atoms with van der Waals surface area (Å²) in [6, 6.07) is 0. The predicted molar refractivity (Wildman–Crippen MR) is 39.3 cm³/mol. The average Bonchev–Trinajstić information content (AvgIpc) is 1.98. The van der Waals surface area contributed by atoms with Crippen LogP contribution in [0, 0.1) is 0 Å². The van der Waals surface area contributed by atoms with Crippen molar-refractivity contribution in [2.75, 3.05) is 26.9 Å². The largest absolute Gasteiger partial charge is 0.394 e. The summed E-state index contributed by atoms with van der Waals surface area (Å²) in [4.78, 5) is 0. The summed E-state index contributed by atoms with van der Waals surface area (Å²) in [7, 11) is 6.74. The zero-order valence-electron chi connectivity index (χ0n) is 6.25. The molecule has 0 heterocycles. The molecule has 0 fully saturated rings. The summed E-state index contributed by atoms with van der Waals surface area (Å²) in [5, 5.41) is 8.64. The lowest BCUT2D eigenvalue weighted by Crippen LogP contribution is -2.23. The third-order valence-electron chi connectivity index (χ3n) is 1.03. The van der Waals surface area contributed by atoms with Crippen LogP contribution in [0.25, 0.3) is 0 Å². The first-order chi connectivity index (χ1) is 4.85. The van der Waals surface area contributed by atoms with E-state index >= 15 is 0 Å². The summed E-state index contributed by atoms with van der Waals surface area (Å²) in [6.07, 6.45) is 0.244. The normalized spacial score (nSPS) is 13.4. The van der Waals surface area contributed by atoms with E-state index in [1.165, 1.54) is 0 Å². The van der Waals surface area contributed by atoms with Crippen molar-refractivity contribution in [2.45, 2.75) is 12.4 Å². The lowest BCUT2D eigenvalue weighted by atomic mass is 10.1. The molecule has 0 aromatic heterocycles. The number of aliphatic hydroxyl groups excluding tert-OH is 1. The van der Waals surface area contributed by atoms with Gasteiger partial charge in [0, 0.05) is 13.7 Å². The lowest BCUT2D eigenvalue weighted by Gasteiger charge is -2.12. The van der Waals surface area contributed by atoms with Crippen LogP contribution in [-0.2, 0) is 9.47 Å². The lowest BCUT2D eigenvalue weighted by molar-refractivity contribution is -0.0258. The van der Waals surface area contributed by atoms with E-state index in [0.29, 0.717) is 19.5 Å². The zero-order valence-corrected chi connectivity index (χ0v) is 6.25. The zero-order chi connectivity index (χ0) is 7.82. The Morgan fingerprint density at radius 2 is 2.30 bits per heavy atom. The molecule has 2 radical (unpaired) electrons. The minimum Gasteiger partial charge on any atom is -0.394 e. The monoisotopic (exact) mass is 144 g/mol. The molecule has 0 saturated carbocycles. The highest BCUT2D eigenvalue weighted by atomic mass is 16.5. The van der Waals surface area contributed by atoms with E-state index in [0.717, 1.165) is 0 Å². The first kappa shape index (κ1) is 9.94. The molecule has 0 bridgehead atoms. The Balaban J connectivity index is 3.21. The van der Waals surface area contributed by atoms with Crippen molar-refractivity contribution >= 4 is 7.85 Å². The highest BCUT2D eigenvalue weighted by molar-refractivity contribution is 6.08. The molecule has 0 rings (SSSR count). The van der Waals surface area contributed by atoms with Crippen molar-refractivity contribution in [3.63, 3.8) is 0 Å². The number of aliphatic hydroxyl groups is 1. The Morgan fingerprint density at radius 1 is 1.60 bits per heavy atom. The quantitative estimate of drug-likeness (QED) is 0.515. The topological polar surface area (TPSA) is 38.7 Å². The van der Waals surface area contributed by atoms with Crippen LogP contribution in [0.3, 0.4) is 0 Å². The molecule has 0 aliphatic rings. The second kappa shape index (κ2) is 7.06. The number of methoxy groups -OCH3 is 1. The smallest absolute Gasteiger partial charge is 0.104 e. The summed E-state index contributed by atoms with van der Waals surface area (Å²) in [5.41, 5.74) is 0. The van der Waals surface area contributed by atoms with Crippen LogP contribution >= 0.6 is 0 Å². The van der Waals surface area contributed by atoms with E-state index in [2.05, 4.69) is 0 Å². The Bertz CT molecular complexity index is 70.0. The van der Waals surface area contributed by atoms with Gasteiger partial charge in [0.25, 0.3) is 0 Å². The molecule has 3 nitrogen and oxygen atoms in total. The molecule has 4 heteroatoms. The second-order valence-electron chi connectivity index (χ2n) is 1.92. The number of ether oxygens (including phenoxy) is 2. The van der Waals surface area contributed by atoms with Crippen molar-refractivity contribution in [3.8, 4) is 0 Å². The van der Waals surface area contributed by atoms with Gasteiger partial charge in [0.2, 0.25) is 0 Å². The fourth-order valence-corrected chi connectivity index (χ4v) is 0.574. The molecule has 1 atom stereocenters. The van der Waals surface area contributed by atoms with Gasteiger partial charge in [0.1, 0.15) is 6.10 Å². The number of hydrogen-bond acceptors (Lipinski definition) is 3. The van der Waals surface area contributed by atoms with Gasteiger partial charge >= 0.3 is 0 Å². The predicted octanol–water partition coefficient (Wildman–Crippen LogP) is -0.403. The summed E-state index contributed by atoms with van der Waals surface area (Å²) in [6.45, 7) is 0.860. The first-order valence-corrected chi connectivity index (χ1v) is 3.26. The van der Waals surface area contributed by atoms with Crippen molar-refractivity contribution in [2.24, 2.45) is 0 Å². The second-order valence-corrected chi connectivity index (χ2v) is 1.92. The third-order valence-corrected chi connectivity index (χ3v) is 1.03. The van der Waals surface area contributed by atoms with Crippen LogP contribution in [-0.4, -0.2) is 46.0 Å². The maximum absolute atomic E-state index is 8.64. The Morgan fingerprint density at radius 3 is 2.70 bits per heavy atom. The maximum Gasteiger partial charge on any atom is 0.104 e. The van der Waals surface area contributed by atoms with Crippen LogP contribution in [0.2, 0.25) is 6.32 Å². The van der Waals surface area contributed by atoms with Crippen molar-refractivity contribution < 1.29 is 14.6 Å². The van der Waals surface area contributed by atoms with E-state index in [4.69, 9.17) is 22.4 Å². The highest BCUT2D eigenvalue weighted by Gasteiger charge is 2.04. The van der Waals surface area contributed by atoms with Gasteiger partial charge in [0.05, 0.1) is 21.1 Å². The van der Waals surface area contributed by atoms with Gasteiger partial charge in [0.15, 0.2) is 0 Å². The fourth-order valence-electron chi connectivity index (χ4n) is 0.574. The molecule has 0 amide bonds. The highest BCUT2D eigenvalue weighted by Crippen LogP contribution is 1.91. The van der Waals surface area contributed by atoms with E-state index in [1.807, 2.05) is 0 Å². The summed E-state index contributed by atoms with van der Waals surface area (Å²) >= 11 is 0. The first-order valence-electron chi connectivity index (χ1n) is 3.26. The van der Waals surface area contributed by atoms with Crippen LogP contribution in [0.15, 0.2) is 0 Å². The van der Waals surface area contributed by atoms with E-state index in [1.54, 1.807) is 7.11 Å². The fraction of sp³-hybridized carbons (Fsp3) is 1.00. The molecule has 0 aliphatic heterocycles. The number of hydrogen-bond donors (Lipinski definition) is 1. The van der Waals surface area contributed by atoms with Gasteiger partial charge in [-0.2, -0.15) is 0 Å². The minimum absolute atomic E-state index is 0.0200. The molecular formula is C6H13BO3. The Hall–Kier alpha value is -0.0551. The summed E-state index contributed by atoms with van der Waals surface area (Å²) < 4.78 is 9.85. The minimum atomic E-state index is -0.228. The third kappa shape index (κ3) is 4.79. The molecular weight excluding hydrogens is 131 g/mol. The van der Waals surface area contributed by atoms with Gasteiger partial charge in [-0.1, -0.05) is 6.32 Å². The van der Waals surface area contributed by atoms with Gasteiger partial charge in [-0.3, -0.25) is 0 Å². The maximum atomic E-state index is 8.64. The molecule has 0 spiro atoms. The van der Waals surface area contributed by atoms with Crippen LogP contribution in [0.5, 0.6) is 0 Å². The SMILES string of the molecule is [B]CCO[C@@H](CO)COC. The average molecular weight is 144 g/mol. The van der Waals surface area contributed by atoms with Gasteiger partial charge in [-0.25, -0.2) is 0 Å². The van der Waals surface area contributed by atoms with Gasteiger partial charge in [-0.05, 0) is 0 Å². The van der Waals surface area contributed by atoms with Crippen molar-refractivity contribution in [3.05, 3.63) is 0 Å². The van der Waals surface area contributed by atoms with Gasteiger partial charge in [-0.15, -0.1) is 0 Å². The van der Waals surface area contributed by atoms with Crippen LogP contribution < -0.4 is 0 Å². The van der Waals surface area contributed by atoms with E-state index in [-0.39, 0.29) is 12.7 Å².